The number of pyridine rings is 1. The number of aromatic nitrogens is 3. The van der Waals surface area contributed by atoms with E-state index < -0.39 is 33.3 Å². The van der Waals surface area contributed by atoms with Crippen molar-refractivity contribution in [1.82, 2.24) is 14.8 Å². The third kappa shape index (κ3) is 4.54. The number of hydrogen-bond acceptors (Lipinski definition) is 6. The average molecular weight is 468 g/mol. The Balaban J connectivity index is 1.63. The lowest BCUT2D eigenvalue weighted by atomic mass is 10.2. The molecular weight excluding hydrogens is 449 g/mol. The van der Waals surface area contributed by atoms with Gasteiger partial charge in [0, 0.05) is 17.6 Å². The number of ether oxygens (including phenoxy) is 1. The molecule has 12 heteroatoms. The van der Waals surface area contributed by atoms with Crippen molar-refractivity contribution < 1.29 is 31.1 Å². The summed E-state index contributed by atoms with van der Waals surface area (Å²) in [6.07, 6.45) is -1.76. The van der Waals surface area contributed by atoms with Crippen LogP contribution in [0.25, 0.3) is 10.9 Å². The fourth-order valence-corrected chi connectivity index (χ4v) is 5.32. The van der Waals surface area contributed by atoms with Crippen LogP contribution in [0.15, 0.2) is 36.5 Å². The van der Waals surface area contributed by atoms with Gasteiger partial charge in [0.1, 0.15) is 17.1 Å². The molecule has 170 valence electrons. The number of sulfone groups is 1. The summed E-state index contributed by atoms with van der Waals surface area (Å²) in [6, 6.07) is 5.91. The second kappa shape index (κ2) is 8.08. The lowest BCUT2D eigenvalue weighted by Gasteiger charge is -2.22. The highest BCUT2D eigenvalue weighted by atomic mass is 32.2. The number of methoxy groups -OCH3 is 1. The zero-order valence-corrected chi connectivity index (χ0v) is 17.7. The molecule has 1 amide bonds. The van der Waals surface area contributed by atoms with Crippen LogP contribution >= 0.6 is 0 Å². The van der Waals surface area contributed by atoms with Crippen molar-refractivity contribution in [2.75, 3.05) is 23.9 Å². The van der Waals surface area contributed by atoms with Crippen LogP contribution in [0.3, 0.4) is 0 Å². The Bertz CT molecular complexity index is 1290. The minimum atomic E-state index is -4.67. The Hall–Kier alpha value is -3.15. The summed E-state index contributed by atoms with van der Waals surface area (Å²) in [5, 5.41) is 7.59. The van der Waals surface area contributed by atoms with Gasteiger partial charge in [0.05, 0.1) is 35.9 Å². The van der Waals surface area contributed by atoms with Gasteiger partial charge >= 0.3 is 6.18 Å². The zero-order valence-electron chi connectivity index (χ0n) is 16.9. The second-order valence-corrected chi connectivity index (χ2v) is 9.72. The molecular formula is C20H19F3N4O4S. The summed E-state index contributed by atoms with van der Waals surface area (Å²) in [4.78, 5) is 15.9. The molecule has 3 heterocycles. The van der Waals surface area contributed by atoms with Crippen molar-refractivity contribution in [3.63, 3.8) is 0 Å². The largest absolute Gasteiger partial charge is 0.494 e. The van der Waals surface area contributed by atoms with Crippen molar-refractivity contribution in [3.8, 4) is 5.75 Å². The zero-order chi connectivity index (χ0) is 23.1. The maximum Gasteiger partial charge on any atom is 0.433 e. The summed E-state index contributed by atoms with van der Waals surface area (Å²) in [5.41, 5.74) is -0.818. The summed E-state index contributed by atoms with van der Waals surface area (Å²) >= 11 is 0. The fraction of sp³-hybridized carbons (Fsp3) is 0.350. The van der Waals surface area contributed by atoms with Crippen molar-refractivity contribution in [3.05, 3.63) is 47.9 Å². The van der Waals surface area contributed by atoms with Gasteiger partial charge in [0.2, 0.25) is 0 Å². The third-order valence-corrected chi connectivity index (χ3v) is 6.98. The van der Waals surface area contributed by atoms with Gasteiger partial charge in [-0.3, -0.25) is 9.48 Å². The molecule has 8 nitrogen and oxygen atoms in total. The highest BCUT2D eigenvalue weighted by Gasteiger charge is 2.33. The number of carbonyl (C=O) groups excluding carboxylic acids is 1. The van der Waals surface area contributed by atoms with Gasteiger partial charge in [-0.15, -0.1) is 0 Å². The first-order valence-corrected chi connectivity index (χ1v) is 11.5. The van der Waals surface area contributed by atoms with E-state index in [-0.39, 0.29) is 29.0 Å². The van der Waals surface area contributed by atoms with E-state index in [4.69, 9.17) is 4.74 Å². The maximum absolute atomic E-state index is 12.9. The van der Waals surface area contributed by atoms with Gasteiger partial charge in [-0.1, -0.05) is 6.07 Å². The molecule has 2 aromatic heterocycles. The molecule has 1 N–H and O–H groups in total. The number of carbonyl (C=O) groups is 1. The number of rotatable bonds is 4. The molecule has 1 unspecified atom stereocenters. The number of amides is 1. The first kappa shape index (κ1) is 22.1. The van der Waals surface area contributed by atoms with Gasteiger partial charge in [-0.2, -0.15) is 18.3 Å². The first-order chi connectivity index (χ1) is 15.1. The topological polar surface area (TPSA) is 103 Å². The molecule has 1 atom stereocenters. The maximum atomic E-state index is 12.9. The van der Waals surface area contributed by atoms with Gasteiger partial charge in [0.15, 0.2) is 9.84 Å². The van der Waals surface area contributed by atoms with Gasteiger partial charge in [-0.25, -0.2) is 13.4 Å². The van der Waals surface area contributed by atoms with Crippen LogP contribution in [-0.4, -0.2) is 47.7 Å². The quantitative estimate of drug-likeness (QED) is 0.629. The van der Waals surface area contributed by atoms with Crippen molar-refractivity contribution in [2.45, 2.75) is 25.1 Å². The van der Waals surface area contributed by atoms with Crippen LogP contribution in [0.2, 0.25) is 0 Å². The normalized spacial score (nSPS) is 18.4. The van der Waals surface area contributed by atoms with Crippen molar-refractivity contribution in [2.24, 2.45) is 0 Å². The van der Waals surface area contributed by atoms with Crippen LogP contribution in [0.5, 0.6) is 5.75 Å². The SMILES string of the molecule is COc1cc2nn(C3CCCS(=O)(=O)C3)cc2cc1NC(=O)c1cccc(C(F)(F)F)n1. The van der Waals surface area contributed by atoms with Crippen LogP contribution in [-0.2, 0) is 16.0 Å². The molecule has 1 aliphatic rings. The van der Waals surface area contributed by atoms with E-state index in [1.165, 1.54) is 13.2 Å². The van der Waals surface area contributed by atoms with Crippen molar-refractivity contribution >= 4 is 32.3 Å². The standard InChI is InChI=1S/C20H19F3N4O4S/c1-31-17-9-15-12(10-27(26-15)13-4-3-7-32(29,30)11-13)8-16(17)25-19(28)14-5-2-6-18(24-14)20(21,22)23/h2,5-6,8-10,13H,3-4,7,11H2,1H3,(H,25,28). The summed E-state index contributed by atoms with van der Waals surface area (Å²) < 4.78 is 69.5. The smallest absolute Gasteiger partial charge is 0.433 e. The number of alkyl halides is 3. The van der Waals surface area contributed by atoms with E-state index in [1.807, 2.05) is 0 Å². The summed E-state index contributed by atoms with van der Waals surface area (Å²) in [5.74, 6) is -0.417. The molecule has 32 heavy (non-hydrogen) atoms. The third-order valence-electron chi connectivity index (χ3n) is 5.18. The Morgan fingerprint density at radius 1 is 1.28 bits per heavy atom. The number of halogens is 3. The minimum absolute atomic E-state index is 0.00291. The summed E-state index contributed by atoms with van der Waals surface area (Å²) in [6.45, 7) is 0. The average Bonchev–Trinajstić information content (AvgIpc) is 3.15. The van der Waals surface area contributed by atoms with E-state index in [9.17, 15) is 26.4 Å². The number of nitrogens with zero attached hydrogens (tertiary/aromatic N) is 3. The van der Waals surface area contributed by atoms with E-state index >= 15 is 0 Å². The highest BCUT2D eigenvalue weighted by molar-refractivity contribution is 7.91. The Morgan fingerprint density at radius 2 is 2.06 bits per heavy atom. The van der Waals surface area contributed by atoms with Crippen LogP contribution in [0, 0.1) is 0 Å². The van der Waals surface area contributed by atoms with Gasteiger partial charge in [0.25, 0.3) is 5.91 Å². The molecule has 1 fully saturated rings. The highest BCUT2D eigenvalue weighted by Crippen LogP contribution is 2.32. The van der Waals surface area contributed by atoms with E-state index in [2.05, 4.69) is 15.4 Å². The van der Waals surface area contributed by atoms with Gasteiger partial charge < -0.3 is 10.1 Å². The fourth-order valence-electron chi connectivity index (χ4n) is 3.64. The number of nitrogens with one attached hydrogen (secondary N) is 1. The number of fused-ring (bicyclic) bond motifs is 1. The molecule has 0 saturated carbocycles. The molecule has 0 radical (unpaired) electrons. The van der Waals surface area contributed by atoms with E-state index in [0.29, 0.717) is 23.7 Å². The molecule has 0 bridgehead atoms. The Labute approximate surface area is 181 Å². The van der Waals surface area contributed by atoms with E-state index in [0.717, 1.165) is 12.1 Å². The minimum Gasteiger partial charge on any atom is -0.494 e. The van der Waals surface area contributed by atoms with Crippen LogP contribution in [0.4, 0.5) is 18.9 Å². The molecule has 4 rings (SSSR count). The molecule has 0 aliphatic carbocycles. The van der Waals surface area contributed by atoms with Crippen LogP contribution < -0.4 is 10.1 Å². The molecule has 1 aliphatic heterocycles. The predicted octanol–water partition coefficient (Wildman–Crippen LogP) is 3.46. The number of benzene rings is 1. The molecule has 1 saturated heterocycles. The second-order valence-electron chi connectivity index (χ2n) is 7.49. The molecule has 1 aromatic carbocycles. The molecule has 0 spiro atoms. The monoisotopic (exact) mass is 468 g/mol. The van der Waals surface area contributed by atoms with E-state index in [1.54, 1.807) is 23.0 Å². The lowest BCUT2D eigenvalue weighted by Crippen LogP contribution is -2.27. The number of anilines is 1. The Kier molecular flexibility index (Phi) is 5.57. The van der Waals surface area contributed by atoms with Gasteiger partial charge in [-0.05, 0) is 31.0 Å². The predicted molar refractivity (Wildman–Crippen MR) is 110 cm³/mol. The number of hydrogen-bond donors (Lipinski definition) is 1. The molecule has 3 aromatic rings. The van der Waals surface area contributed by atoms with Crippen LogP contribution in [0.1, 0.15) is 35.1 Å². The van der Waals surface area contributed by atoms with Crippen molar-refractivity contribution in [1.29, 1.82) is 0 Å². The first-order valence-electron chi connectivity index (χ1n) is 9.69. The Morgan fingerprint density at radius 3 is 2.75 bits per heavy atom. The summed E-state index contributed by atoms with van der Waals surface area (Å²) in [7, 11) is -1.75. The lowest BCUT2D eigenvalue weighted by molar-refractivity contribution is -0.141.